The van der Waals surface area contributed by atoms with Crippen molar-refractivity contribution in [3.8, 4) is 0 Å². The van der Waals surface area contributed by atoms with Crippen LogP contribution >= 0.6 is 11.6 Å². The van der Waals surface area contributed by atoms with Gasteiger partial charge in [0.05, 0.1) is 23.3 Å². The highest BCUT2D eigenvalue weighted by molar-refractivity contribution is 7.89. The molecule has 9 heteroatoms. The van der Waals surface area contributed by atoms with E-state index in [4.69, 9.17) is 16.3 Å². The molecule has 29 heavy (non-hydrogen) atoms. The third kappa shape index (κ3) is 4.95. The minimum absolute atomic E-state index is 0.0775. The fourth-order valence-electron chi connectivity index (χ4n) is 3.30. The topological polar surface area (TPSA) is 88.6 Å². The zero-order valence-electron chi connectivity index (χ0n) is 16.5. The molecule has 1 aliphatic rings. The van der Waals surface area contributed by atoms with Crippen molar-refractivity contribution in [2.75, 3.05) is 13.1 Å². The summed E-state index contributed by atoms with van der Waals surface area (Å²) in [5.74, 6) is -0.391. The first kappa shape index (κ1) is 21.7. The summed E-state index contributed by atoms with van der Waals surface area (Å²) >= 11 is 6.20. The highest BCUT2D eigenvalue weighted by Gasteiger charge is 2.34. The van der Waals surface area contributed by atoms with Crippen molar-refractivity contribution >= 4 is 27.5 Å². The van der Waals surface area contributed by atoms with Crippen molar-refractivity contribution in [2.45, 2.75) is 43.9 Å². The third-order valence-corrected chi connectivity index (χ3v) is 7.04. The summed E-state index contributed by atoms with van der Waals surface area (Å²) in [4.78, 5) is 16.7. The number of nitrogens with one attached hydrogen (secondary N) is 1. The van der Waals surface area contributed by atoms with Gasteiger partial charge in [0.15, 0.2) is 0 Å². The second-order valence-electron chi connectivity index (χ2n) is 7.21. The van der Waals surface area contributed by atoms with Crippen molar-refractivity contribution in [2.24, 2.45) is 0 Å². The van der Waals surface area contributed by atoms with Gasteiger partial charge in [0.1, 0.15) is 4.90 Å². The zero-order valence-corrected chi connectivity index (χ0v) is 18.1. The molecule has 2 heterocycles. The van der Waals surface area contributed by atoms with Gasteiger partial charge in [-0.3, -0.25) is 9.78 Å². The SMILES string of the molecule is C[C@@H]1CN(S(=O)(=O)c2cc(C(=O)N[C@@H](C)c3cccnc3)ccc2Cl)C[C@@H](C)O1. The first-order valence-electron chi connectivity index (χ1n) is 9.34. The van der Waals surface area contributed by atoms with Crippen LogP contribution in [0, 0.1) is 0 Å². The van der Waals surface area contributed by atoms with E-state index in [-0.39, 0.29) is 46.8 Å². The van der Waals surface area contributed by atoms with Gasteiger partial charge < -0.3 is 10.1 Å². The van der Waals surface area contributed by atoms with Crippen LogP contribution in [0.2, 0.25) is 5.02 Å². The van der Waals surface area contributed by atoms with Crippen LogP contribution in [0.1, 0.15) is 42.7 Å². The molecule has 0 spiro atoms. The Balaban J connectivity index is 1.85. The molecule has 3 atom stereocenters. The lowest BCUT2D eigenvalue weighted by molar-refractivity contribution is -0.0440. The van der Waals surface area contributed by atoms with Gasteiger partial charge in [0.2, 0.25) is 10.0 Å². The molecule has 0 radical (unpaired) electrons. The van der Waals surface area contributed by atoms with Gasteiger partial charge in [-0.05, 0) is 50.6 Å². The van der Waals surface area contributed by atoms with Crippen LogP contribution in [0.25, 0.3) is 0 Å². The number of benzene rings is 1. The lowest BCUT2D eigenvalue weighted by atomic mass is 10.1. The van der Waals surface area contributed by atoms with Gasteiger partial charge in [-0.25, -0.2) is 8.42 Å². The minimum Gasteiger partial charge on any atom is -0.373 e. The number of rotatable bonds is 5. The van der Waals surface area contributed by atoms with E-state index in [9.17, 15) is 13.2 Å². The van der Waals surface area contributed by atoms with E-state index in [0.717, 1.165) is 5.56 Å². The molecular weight excluding hydrogens is 414 g/mol. The number of carbonyl (C=O) groups is 1. The maximum Gasteiger partial charge on any atom is 0.251 e. The molecule has 7 nitrogen and oxygen atoms in total. The number of morpholine rings is 1. The minimum atomic E-state index is -3.86. The maximum atomic E-state index is 13.2. The number of halogens is 1. The molecule has 1 amide bonds. The summed E-state index contributed by atoms with van der Waals surface area (Å²) in [7, 11) is -3.86. The Kier molecular flexibility index (Phi) is 6.58. The Hall–Kier alpha value is -2.00. The number of amides is 1. The first-order valence-corrected chi connectivity index (χ1v) is 11.2. The quantitative estimate of drug-likeness (QED) is 0.776. The smallest absolute Gasteiger partial charge is 0.251 e. The van der Waals surface area contributed by atoms with Crippen molar-refractivity contribution in [1.29, 1.82) is 0 Å². The molecule has 1 saturated heterocycles. The monoisotopic (exact) mass is 437 g/mol. The molecule has 156 valence electrons. The van der Waals surface area contributed by atoms with Crippen LogP contribution in [-0.2, 0) is 14.8 Å². The number of aromatic nitrogens is 1. The Morgan fingerprint density at radius 1 is 1.28 bits per heavy atom. The second-order valence-corrected chi connectivity index (χ2v) is 9.52. The van der Waals surface area contributed by atoms with E-state index < -0.39 is 15.9 Å². The summed E-state index contributed by atoms with van der Waals surface area (Å²) in [5.41, 5.74) is 1.07. The molecule has 3 rings (SSSR count). The van der Waals surface area contributed by atoms with Crippen LogP contribution in [0.5, 0.6) is 0 Å². The van der Waals surface area contributed by atoms with Crippen LogP contribution in [0.4, 0.5) is 0 Å². The normalized spacial score (nSPS) is 21.5. The summed E-state index contributed by atoms with van der Waals surface area (Å²) in [6.45, 7) is 5.95. The van der Waals surface area contributed by atoms with E-state index in [1.165, 1.54) is 22.5 Å². The summed E-state index contributed by atoms with van der Waals surface area (Å²) in [5, 5.41) is 2.93. The number of sulfonamides is 1. The van der Waals surface area contributed by atoms with Crippen molar-refractivity contribution < 1.29 is 17.9 Å². The van der Waals surface area contributed by atoms with Crippen molar-refractivity contribution in [3.05, 3.63) is 58.9 Å². The highest BCUT2D eigenvalue weighted by atomic mass is 35.5. The fourth-order valence-corrected chi connectivity index (χ4v) is 5.39. The van der Waals surface area contributed by atoms with Crippen molar-refractivity contribution in [1.82, 2.24) is 14.6 Å². The molecule has 0 unspecified atom stereocenters. The highest BCUT2D eigenvalue weighted by Crippen LogP contribution is 2.28. The molecule has 1 fully saturated rings. The second kappa shape index (κ2) is 8.79. The Morgan fingerprint density at radius 3 is 2.59 bits per heavy atom. The van der Waals surface area contributed by atoms with Crippen LogP contribution in [0.15, 0.2) is 47.6 Å². The summed E-state index contributed by atoms with van der Waals surface area (Å²) < 4.78 is 33.3. The molecular formula is C20H24ClN3O4S. The molecule has 1 aromatic carbocycles. The molecule has 2 aromatic rings. The van der Waals surface area contributed by atoms with Crippen LogP contribution in [0.3, 0.4) is 0 Å². The van der Waals surface area contributed by atoms with Gasteiger partial charge >= 0.3 is 0 Å². The molecule has 1 N–H and O–H groups in total. The molecule has 0 saturated carbocycles. The van der Waals surface area contributed by atoms with Crippen LogP contribution < -0.4 is 5.32 Å². The number of pyridine rings is 1. The van der Waals surface area contributed by atoms with E-state index in [0.29, 0.717) is 0 Å². The predicted octanol–water partition coefficient (Wildman–Crippen LogP) is 3.02. The lowest BCUT2D eigenvalue weighted by Crippen LogP contribution is -2.48. The van der Waals surface area contributed by atoms with Crippen molar-refractivity contribution in [3.63, 3.8) is 0 Å². The van der Waals surface area contributed by atoms with E-state index >= 15 is 0 Å². The lowest BCUT2D eigenvalue weighted by Gasteiger charge is -2.34. The Bertz CT molecular complexity index is 974. The predicted molar refractivity (Wildman–Crippen MR) is 110 cm³/mol. The number of hydrogen-bond acceptors (Lipinski definition) is 5. The summed E-state index contributed by atoms with van der Waals surface area (Å²) in [6.07, 6.45) is 2.88. The van der Waals surface area contributed by atoms with Crippen LogP contribution in [-0.4, -0.2) is 48.9 Å². The number of carbonyl (C=O) groups excluding carboxylic acids is 1. The van der Waals surface area contributed by atoms with E-state index in [1.807, 2.05) is 26.8 Å². The molecule has 1 aliphatic heterocycles. The number of hydrogen-bond donors (Lipinski definition) is 1. The molecule has 0 bridgehead atoms. The molecule has 0 aliphatic carbocycles. The average Bonchev–Trinajstić information content (AvgIpc) is 2.68. The largest absolute Gasteiger partial charge is 0.373 e. The number of ether oxygens (including phenoxy) is 1. The Morgan fingerprint density at radius 2 is 1.97 bits per heavy atom. The average molecular weight is 438 g/mol. The summed E-state index contributed by atoms with van der Waals surface area (Å²) in [6, 6.07) is 7.63. The van der Waals surface area contributed by atoms with Gasteiger partial charge in [-0.15, -0.1) is 0 Å². The van der Waals surface area contributed by atoms with Gasteiger partial charge in [0, 0.05) is 31.0 Å². The first-order chi connectivity index (χ1) is 13.7. The third-order valence-electron chi connectivity index (χ3n) is 4.73. The van der Waals surface area contributed by atoms with E-state index in [2.05, 4.69) is 10.3 Å². The Labute approximate surface area is 176 Å². The zero-order chi connectivity index (χ0) is 21.2. The van der Waals surface area contributed by atoms with Gasteiger partial charge in [-0.1, -0.05) is 17.7 Å². The van der Waals surface area contributed by atoms with Gasteiger partial charge in [-0.2, -0.15) is 4.31 Å². The standard InChI is InChI=1S/C20H24ClN3O4S/c1-13-11-24(12-14(2)28-13)29(26,27)19-9-16(6-7-18(19)21)20(25)23-15(3)17-5-4-8-22-10-17/h4-10,13-15H,11-12H2,1-3H3,(H,23,25)/t13-,14-,15+/m1/s1. The van der Waals surface area contributed by atoms with Gasteiger partial charge in [0.25, 0.3) is 5.91 Å². The van der Waals surface area contributed by atoms with E-state index in [1.54, 1.807) is 18.5 Å². The maximum absolute atomic E-state index is 13.2. The number of nitrogens with zero attached hydrogens (tertiary/aromatic N) is 2. The molecule has 1 aromatic heterocycles. The fraction of sp³-hybridized carbons (Fsp3) is 0.400.